The van der Waals surface area contributed by atoms with Crippen LogP contribution < -0.4 is 20.1 Å². The Bertz CT molecular complexity index is 1380. The number of carboxylic acid groups (broad SMARTS) is 1. The van der Waals surface area contributed by atoms with Gasteiger partial charge in [-0.1, -0.05) is 30.3 Å². The summed E-state index contributed by atoms with van der Waals surface area (Å²) in [4.78, 5) is 13.5. The van der Waals surface area contributed by atoms with Crippen LogP contribution in [-0.2, 0) is 17.8 Å². The first-order valence-corrected chi connectivity index (χ1v) is 11.1. The molecular weight excluding hydrogens is 432 g/mol. The molecule has 0 fully saturated rings. The van der Waals surface area contributed by atoms with E-state index in [4.69, 9.17) is 19.6 Å². The van der Waals surface area contributed by atoms with Crippen LogP contribution in [0.2, 0.25) is 0 Å². The summed E-state index contributed by atoms with van der Waals surface area (Å²) in [6.45, 7) is 0.976. The average molecular weight is 459 g/mol. The fourth-order valence-electron chi connectivity index (χ4n) is 4.70. The number of likely N-dealkylation sites (N-methyl/N-ethyl adjacent to an activating group) is 1. The maximum atomic E-state index is 11.4. The van der Waals surface area contributed by atoms with Gasteiger partial charge in [0.15, 0.2) is 0 Å². The summed E-state index contributed by atoms with van der Waals surface area (Å²) in [5.74, 6) is 0.437. The van der Waals surface area contributed by atoms with Crippen LogP contribution in [-0.4, -0.2) is 31.8 Å². The second-order valence-electron chi connectivity index (χ2n) is 8.43. The number of fused-ring (bicyclic) bond motifs is 2. The molecular formula is C27H26N2O5. The summed E-state index contributed by atoms with van der Waals surface area (Å²) in [5.41, 5.74) is 11.9. The molecule has 34 heavy (non-hydrogen) atoms. The highest BCUT2D eigenvalue weighted by molar-refractivity contribution is 5.95. The number of ether oxygens (including phenoxy) is 2. The van der Waals surface area contributed by atoms with Crippen LogP contribution in [0.25, 0.3) is 22.1 Å². The summed E-state index contributed by atoms with van der Waals surface area (Å²) >= 11 is 0. The topological polar surface area (TPSA) is 98.2 Å². The van der Waals surface area contributed by atoms with Crippen molar-refractivity contribution < 1.29 is 23.8 Å². The fourth-order valence-corrected chi connectivity index (χ4v) is 4.70. The van der Waals surface area contributed by atoms with Gasteiger partial charge in [-0.05, 0) is 29.8 Å². The van der Waals surface area contributed by atoms with Crippen LogP contribution in [0.5, 0.6) is 11.5 Å². The van der Waals surface area contributed by atoms with E-state index in [1.165, 1.54) is 0 Å². The predicted molar refractivity (Wildman–Crippen MR) is 131 cm³/mol. The number of nitrogens with two attached hydrogens (primary N) is 1. The molecule has 0 saturated carbocycles. The van der Waals surface area contributed by atoms with Crippen LogP contribution in [0.15, 0.2) is 65.3 Å². The monoisotopic (exact) mass is 458 g/mol. The van der Waals surface area contributed by atoms with Gasteiger partial charge in [-0.3, -0.25) is 4.79 Å². The first kappa shape index (κ1) is 21.9. The second-order valence-corrected chi connectivity index (χ2v) is 8.43. The van der Waals surface area contributed by atoms with Gasteiger partial charge in [0.2, 0.25) is 0 Å². The molecule has 174 valence electrons. The number of furan rings is 1. The number of hydrogen-bond acceptors (Lipinski definition) is 6. The Morgan fingerprint density at radius 1 is 1.15 bits per heavy atom. The van der Waals surface area contributed by atoms with Crippen molar-refractivity contribution in [3.8, 4) is 22.6 Å². The lowest BCUT2D eigenvalue weighted by molar-refractivity contribution is -0.136. The van der Waals surface area contributed by atoms with Crippen molar-refractivity contribution >= 4 is 22.6 Å². The molecule has 0 aliphatic carbocycles. The number of carboxylic acids is 1. The second kappa shape index (κ2) is 8.76. The number of hydrogen-bond donors (Lipinski definition) is 2. The lowest BCUT2D eigenvalue weighted by Crippen LogP contribution is -2.32. The highest BCUT2D eigenvalue weighted by Gasteiger charge is 2.29. The molecule has 4 aromatic rings. The van der Waals surface area contributed by atoms with Crippen LogP contribution in [0.3, 0.4) is 0 Å². The van der Waals surface area contributed by atoms with Gasteiger partial charge in [0.1, 0.15) is 23.2 Å². The molecule has 0 saturated heterocycles. The molecule has 0 unspecified atom stereocenters. The number of anilines is 1. The average Bonchev–Trinajstić information content (AvgIpc) is 3.31. The van der Waals surface area contributed by atoms with Gasteiger partial charge in [-0.25, -0.2) is 0 Å². The molecule has 1 aliphatic heterocycles. The van der Waals surface area contributed by atoms with E-state index in [2.05, 4.69) is 17.0 Å². The van der Waals surface area contributed by atoms with E-state index in [-0.39, 0.29) is 12.5 Å². The smallest absolute Gasteiger partial charge is 0.307 e. The molecule has 7 nitrogen and oxygen atoms in total. The lowest BCUT2D eigenvalue weighted by atomic mass is 9.95. The molecule has 5 rings (SSSR count). The molecule has 3 aromatic carbocycles. The van der Waals surface area contributed by atoms with Crippen LogP contribution >= 0.6 is 0 Å². The van der Waals surface area contributed by atoms with Gasteiger partial charge in [0, 0.05) is 41.2 Å². The van der Waals surface area contributed by atoms with Crippen LogP contribution in [0.1, 0.15) is 22.8 Å². The fraction of sp³-hybridized carbons (Fsp3) is 0.222. The third-order valence-electron chi connectivity index (χ3n) is 6.28. The Labute approximate surface area is 197 Å². The summed E-state index contributed by atoms with van der Waals surface area (Å²) in [6.07, 6.45) is 1.28. The molecule has 2 heterocycles. The Hall–Kier alpha value is -3.97. The lowest BCUT2D eigenvalue weighted by Gasteiger charge is -2.35. The van der Waals surface area contributed by atoms with E-state index in [0.29, 0.717) is 24.4 Å². The Morgan fingerprint density at radius 3 is 2.71 bits per heavy atom. The van der Waals surface area contributed by atoms with Gasteiger partial charge in [0.05, 0.1) is 32.0 Å². The predicted octanol–water partition coefficient (Wildman–Crippen LogP) is 4.76. The number of aliphatic carboxylic acids is 1. The van der Waals surface area contributed by atoms with Crippen molar-refractivity contribution in [1.82, 2.24) is 0 Å². The van der Waals surface area contributed by atoms with Crippen molar-refractivity contribution in [3.63, 3.8) is 0 Å². The highest BCUT2D eigenvalue weighted by atomic mass is 16.5. The molecule has 0 bridgehead atoms. The molecule has 0 amide bonds. The minimum absolute atomic E-state index is 0.0984. The molecule has 1 aliphatic rings. The van der Waals surface area contributed by atoms with Gasteiger partial charge in [-0.15, -0.1) is 0 Å². The minimum atomic E-state index is -0.893. The van der Waals surface area contributed by atoms with Gasteiger partial charge in [0.25, 0.3) is 0 Å². The van der Waals surface area contributed by atoms with Crippen molar-refractivity contribution in [2.75, 3.05) is 25.6 Å². The van der Waals surface area contributed by atoms with E-state index in [0.717, 1.165) is 44.7 Å². The van der Waals surface area contributed by atoms with Crippen molar-refractivity contribution in [2.24, 2.45) is 5.73 Å². The molecule has 1 aromatic heterocycles. The summed E-state index contributed by atoms with van der Waals surface area (Å²) < 4.78 is 18.0. The Balaban J connectivity index is 1.63. The molecule has 0 radical (unpaired) electrons. The summed E-state index contributed by atoms with van der Waals surface area (Å²) in [7, 11) is 3.63. The number of para-hydroxylation sites is 2. The first-order valence-electron chi connectivity index (χ1n) is 11.1. The molecule has 3 N–H and O–H groups in total. The van der Waals surface area contributed by atoms with Gasteiger partial charge < -0.3 is 29.6 Å². The number of rotatable bonds is 6. The third-order valence-corrected chi connectivity index (χ3v) is 6.28. The zero-order valence-electron chi connectivity index (χ0n) is 19.1. The van der Waals surface area contributed by atoms with E-state index >= 15 is 0 Å². The van der Waals surface area contributed by atoms with Crippen molar-refractivity contribution in [2.45, 2.75) is 19.1 Å². The van der Waals surface area contributed by atoms with Gasteiger partial charge in [-0.2, -0.15) is 0 Å². The molecule has 1 atom stereocenters. The van der Waals surface area contributed by atoms with E-state index in [9.17, 15) is 9.90 Å². The normalized spacial score (nSPS) is 15.1. The van der Waals surface area contributed by atoms with Crippen LogP contribution in [0, 0.1) is 0 Å². The SMILES string of the molecule is COc1c(CN)cccc1-c1cc([C@H]2CN(C)c3cccc(CC(=O)O)c3O2)cc2ccoc12. The van der Waals surface area contributed by atoms with E-state index in [1.54, 1.807) is 19.4 Å². The van der Waals surface area contributed by atoms with Crippen LogP contribution in [0.4, 0.5) is 5.69 Å². The van der Waals surface area contributed by atoms with Gasteiger partial charge >= 0.3 is 5.97 Å². The standard InChI is InChI=1S/C27H26N2O5/c1-29-15-23(34-27-16(13-24(30)31)5-4-8-22(27)29)19-11-17-9-10-33-26(17)21(12-19)20-7-3-6-18(14-28)25(20)32-2/h3-12,23H,13-15,28H2,1-2H3,(H,30,31)/t23-/m1/s1. The molecule has 7 heteroatoms. The van der Waals surface area contributed by atoms with Crippen molar-refractivity contribution in [3.05, 3.63) is 77.6 Å². The molecule has 0 spiro atoms. The highest BCUT2D eigenvalue weighted by Crippen LogP contribution is 2.43. The first-order chi connectivity index (χ1) is 16.5. The summed E-state index contributed by atoms with van der Waals surface area (Å²) in [6, 6.07) is 17.6. The summed E-state index contributed by atoms with van der Waals surface area (Å²) in [5, 5.41) is 10.3. The third kappa shape index (κ3) is 3.74. The quantitative estimate of drug-likeness (QED) is 0.430. The Kier molecular flexibility index (Phi) is 5.63. The number of nitrogens with zero attached hydrogens (tertiary/aromatic N) is 1. The maximum Gasteiger partial charge on any atom is 0.307 e. The Morgan fingerprint density at radius 2 is 1.94 bits per heavy atom. The number of carbonyl (C=O) groups is 1. The zero-order valence-corrected chi connectivity index (χ0v) is 19.1. The number of methoxy groups -OCH3 is 1. The van der Waals surface area contributed by atoms with Crippen molar-refractivity contribution in [1.29, 1.82) is 0 Å². The van der Waals surface area contributed by atoms with E-state index < -0.39 is 5.97 Å². The largest absolute Gasteiger partial charge is 0.496 e. The van der Waals surface area contributed by atoms with E-state index in [1.807, 2.05) is 43.4 Å². The number of benzene rings is 3. The minimum Gasteiger partial charge on any atom is -0.496 e. The maximum absolute atomic E-state index is 11.4. The zero-order chi connectivity index (χ0) is 23.8.